The SMILES string of the molecule is Cc1ccc(S(=O)(=O)N(CCC(=O)Nc2ccc(N3CCCCC3)c(S(=O)(=O)Nc3ccc(Cl)cc3)c2)c2ccccc2)cc1. The summed E-state index contributed by atoms with van der Waals surface area (Å²) in [4.78, 5) is 15.4. The Labute approximate surface area is 269 Å². The van der Waals surface area contributed by atoms with Crippen molar-refractivity contribution in [1.82, 2.24) is 0 Å². The van der Waals surface area contributed by atoms with Gasteiger partial charge in [-0.2, -0.15) is 0 Å². The number of nitrogens with one attached hydrogen (secondary N) is 2. The van der Waals surface area contributed by atoms with E-state index in [1.165, 1.54) is 10.4 Å². The molecular formula is C33H35ClN4O5S2. The predicted molar refractivity (Wildman–Crippen MR) is 180 cm³/mol. The number of amides is 1. The molecule has 1 aliphatic heterocycles. The van der Waals surface area contributed by atoms with Gasteiger partial charge in [0.2, 0.25) is 5.91 Å². The number of carbonyl (C=O) groups excluding carboxylic acids is 1. The van der Waals surface area contributed by atoms with Gasteiger partial charge in [0.05, 0.1) is 16.3 Å². The minimum absolute atomic E-state index is 0.0324. The van der Waals surface area contributed by atoms with Crippen LogP contribution in [0.1, 0.15) is 31.2 Å². The van der Waals surface area contributed by atoms with Crippen LogP contribution in [0.5, 0.6) is 0 Å². The number of anilines is 4. The Morgan fingerprint density at radius 1 is 0.822 bits per heavy atom. The molecule has 0 unspecified atom stereocenters. The van der Waals surface area contributed by atoms with Gasteiger partial charge in [0, 0.05) is 42.5 Å². The van der Waals surface area contributed by atoms with Crippen LogP contribution >= 0.6 is 11.6 Å². The Morgan fingerprint density at radius 3 is 2.13 bits per heavy atom. The molecule has 4 aromatic rings. The highest BCUT2D eigenvalue weighted by Gasteiger charge is 2.27. The number of piperidine rings is 1. The van der Waals surface area contributed by atoms with Crippen LogP contribution < -0.4 is 19.2 Å². The number of rotatable bonds is 11. The maximum Gasteiger partial charge on any atom is 0.264 e. The molecule has 1 amide bonds. The average molecular weight is 667 g/mol. The first-order valence-corrected chi connectivity index (χ1v) is 17.9. The summed E-state index contributed by atoms with van der Waals surface area (Å²) in [6, 6.07) is 26.3. The monoisotopic (exact) mass is 666 g/mol. The molecule has 0 saturated carbocycles. The minimum atomic E-state index is -4.05. The van der Waals surface area contributed by atoms with Gasteiger partial charge in [0.15, 0.2) is 0 Å². The Kier molecular flexibility index (Phi) is 10.0. The minimum Gasteiger partial charge on any atom is -0.370 e. The van der Waals surface area contributed by atoms with E-state index >= 15 is 0 Å². The third-order valence-electron chi connectivity index (χ3n) is 7.52. The molecule has 0 radical (unpaired) electrons. The number of nitrogens with zero attached hydrogens (tertiary/aromatic N) is 2. The Morgan fingerprint density at radius 2 is 1.47 bits per heavy atom. The molecule has 236 valence electrons. The largest absolute Gasteiger partial charge is 0.370 e. The molecule has 1 heterocycles. The van der Waals surface area contributed by atoms with Crippen molar-refractivity contribution in [3.8, 4) is 0 Å². The number of hydrogen-bond donors (Lipinski definition) is 2. The van der Waals surface area contributed by atoms with E-state index in [1.54, 1.807) is 91.0 Å². The van der Waals surface area contributed by atoms with E-state index in [4.69, 9.17) is 11.6 Å². The summed E-state index contributed by atoms with van der Waals surface area (Å²) in [5.41, 5.74) is 2.54. The van der Waals surface area contributed by atoms with Crippen molar-refractivity contribution in [2.45, 2.75) is 42.4 Å². The van der Waals surface area contributed by atoms with E-state index in [0.29, 0.717) is 22.1 Å². The van der Waals surface area contributed by atoms with Gasteiger partial charge in [-0.3, -0.25) is 13.8 Å². The van der Waals surface area contributed by atoms with Crippen molar-refractivity contribution in [2.75, 3.05) is 38.9 Å². The molecule has 1 aliphatic rings. The molecule has 0 bridgehead atoms. The lowest BCUT2D eigenvalue weighted by molar-refractivity contribution is -0.116. The van der Waals surface area contributed by atoms with Gasteiger partial charge in [-0.25, -0.2) is 16.8 Å². The summed E-state index contributed by atoms with van der Waals surface area (Å²) in [5, 5.41) is 3.25. The third-order valence-corrected chi connectivity index (χ3v) is 11.0. The second-order valence-corrected chi connectivity index (χ2v) is 14.8. The summed E-state index contributed by atoms with van der Waals surface area (Å²) in [5.74, 6) is -0.463. The van der Waals surface area contributed by atoms with Crippen LogP contribution in [0.25, 0.3) is 0 Å². The van der Waals surface area contributed by atoms with Crippen LogP contribution in [0.15, 0.2) is 107 Å². The topological polar surface area (TPSA) is 116 Å². The molecular weight excluding hydrogens is 632 g/mol. The number of halogens is 1. The highest BCUT2D eigenvalue weighted by atomic mass is 35.5. The zero-order valence-electron chi connectivity index (χ0n) is 24.8. The van der Waals surface area contributed by atoms with Crippen LogP contribution in [0.4, 0.5) is 22.7 Å². The van der Waals surface area contributed by atoms with Gasteiger partial charge < -0.3 is 10.2 Å². The maximum absolute atomic E-state index is 13.7. The molecule has 9 nitrogen and oxygen atoms in total. The zero-order valence-corrected chi connectivity index (χ0v) is 27.2. The number of benzene rings is 4. The fourth-order valence-corrected chi connectivity index (χ4v) is 8.08. The first-order chi connectivity index (χ1) is 21.5. The number of carbonyl (C=O) groups is 1. The molecule has 0 spiro atoms. The van der Waals surface area contributed by atoms with Crippen molar-refractivity contribution in [2.24, 2.45) is 0 Å². The summed E-state index contributed by atoms with van der Waals surface area (Å²) in [7, 11) is -8.02. The van der Waals surface area contributed by atoms with E-state index < -0.39 is 26.0 Å². The summed E-state index contributed by atoms with van der Waals surface area (Å²) < 4.78 is 58.4. The Hall–Kier alpha value is -4.06. The van der Waals surface area contributed by atoms with Crippen molar-refractivity contribution in [3.63, 3.8) is 0 Å². The van der Waals surface area contributed by atoms with Crippen LogP contribution in [-0.4, -0.2) is 42.4 Å². The smallest absolute Gasteiger partial charge is 0.264 e. The van der Waals surface area contributed by atoms with Gasteiger partial charge >= 0.3 is 0 Å². The highest BCUT2D eigenvalue weighted by molar-refractivity contribution is 7.93. The number of hydrogen-bond acceptors (Lipinski definition) is 6. The molecule has 45 heavy (non-hydrogen) atoms. The second kappa shape index (κ2) is 13.9. The molecule has 4 aromatic carbocycles. The first-order valence-electron chi connectivity index (χ1n) is 14.6. The van der Waals surface area contributed by atoms with Gasteiger partial charge in [-0.05, 0) is 92.9 Å². The van der Waals surface area contributed by atoms with Crippen LogP contribution in [0.2, 0.25) is 5.02 Å². The molecule has 5 rings (SSSR count). The molecule has 1 saturated heterocycles. The van der Waals surface area contributed by atoms with E-state index in [0.717, 1.165) is 37.9 Å². The summed E-state index contributed by atoms with van der Waals surface area (Å²) >= 11 is 5.98. The van der Waals surface area contributed by atoms with E-state index in [1.807, 2.05) is 11.8 Å². The normalized spacial score (nSPS) is 13.7. The van der Waals surface area contributed by atoms with Crippen LogP contribution in [0, 0.1) is 6.92 Å². The van der Waals surface area contributed by atoms with Crippen molar-refractivity contribution >= 4 is 60.3 Å². The van der Waals surface area contributed by atoms with E-state index in [-0.39, 0.29) is 28.4 Å². The lowest BCUT2D eigenvalue weighted by atomic mass is 10.1. The zero-order chi connectivity index (χ0) is 32.0. The average Bonchev–Trinajstić information content (AvgIpc) is 3.03. The van der Waals surface area contributed by atoms with Gasteiger partial charge in [-0.1, -0.05) is 47.5 Å². The lowest BCUT2D eigenvalue weighted by Crippen LogP contribution is -2.34. The molecule has 0 aliphatic carbocycles. The van der Waals surface area contributed by atoms with Crippen molar-refractivity contribution in [3.05, 3.63) is 108 Å². The van der Waals surface area contributed by atoms with Crippen LogP contribution in [-0.2, 0) is 24.8 Å². The molecule has 0 atom stereocenters. The summed E-state index contributed by atoms with van der Waals surface area (Å²) in [6.45, 7) is 3.19. The van der Waals surface area contributed by atoms with Crippen molar-refractivity contribution in [1.29, 1.82) is 0 Å². The standard InChI is InChI=1S/C33H35ClN4O5S2/c1-25-10-17-30(18-11-25)45(42,43)38(29-8-4-2-5-9-29)23-20-33(39)35-28-16-19-31(37-21-6-3-7-22-37)32(24-28)44(40,41)36-27-14-12-26(34)13-15-27/h2,4-5,8-19,24,36H,3,6-7,20-23H2,1H3,(H,35,39). The fourth-order valence-electron chi connectivity index (χ4n) is 5.18. The predicted octanol–water partition coefficient (Wildman–Crippen LogP) is 6.66. The lowest BCUT2D eigenvalue weighted by Gasteiger charge is -2.30. The Balaban J connectivity index is 1.38. The van der Waals surface area contributed by atoms with E-state index in [2.05, 4.69) is 10.0 Å². The first kappa shape index (κ1) is 32.3. The van der Waals surface area contributed by atoms with E-state index in [9.17, 15) is 21.6 Å². The molecule has 12 heteroatoms. The second-order valence-electron chi connectivity index (χ2n) is 10.9. The fraction of sp³-hybridized carbons (Fsp3) is 0.242. The molecule has 2 N–H and O–H groups in total. The highest BCUT2D eigenvalue weighted by Crippen LogP contribution is 2.32. The molecule has 0 aromatic heterocycles. The third kappa shape index (κ3) is 7.97. The Bertz CT molecular complexity index is 1850. The maximum atomic E-state index is 13.7. The van der Waals surface area contributed by atoms with Crippen LogP contribution in [0.3, 0.4) is 0 Å². The van der Waals surface area contributed by atoms with Crippen molar-refractivity contribution < 1.29 is 21.6 Å². The summed E-state index contributed by atoms with van der Waals surface area (Å²) in [6.07, 6.45) is 2.81. The van der Waals surface area contributed by atoms with Gasteiger partial charge in [0.25, 0.3) is 20.0 Å². The van der Waals surface area contributed by atoms with Gasteiger partial charge in [0.1, 0.15) is 4.90 Å². The number of para-hydroxylation sites is 1. The molecule has 1 fully saturated rings. The number of sulfonamides is 2. The van der Waals surface area contributed by atoms with Gasteiger partial charge in [-0.15, -0.1) is 0 Å². The number of aryl methyl sites for hydroxylation is 1. The quantitative estimate of drug-likeness (QED) is 0.185.